The third-order valence-corrected chi connectivity index (χ3v) is 1.82. The van der Waals surface area contributed by atoms with Crippen LogP contribution in [0.25, 0.3) is 0 Å². The molecule has 0 aromatic heterocycles. The molecule has 0 aliphatic heterocycles. The van der Waals surface area contributed by atoms with Crippen LogP contribution in [0.5, 0.6) is 5.75 Å². The van der Waals surface area contributed by atoms with Crippen LogP contribution in [-0.4, -0.2) is 11.4 Å². The van der Waals surface area contributed by atoms with Crippen molar-refractivity contribution in [1.82, 2.24) is 0 Å². The Kier molecular flexibility index (Phi) is 3.03. The second kappa shape index (κ2) is 3.85. The van der Waals surface area contributed by atoms with Crippen LogP contribution >= 0.6 is 15.9 Å². The molecular formula is C8H7BrF2O. The molecule has 0 heterocycles. The fraction of sp³-hybridized carbons (Fsp3) is 0.250. The molecule has 0 aliphatic carbocycles. The van der Waals surface area contributed by atoms with Crippen molar-refractivity contribution in [3.8, 4) is 5.75 Å². The zero-order valence-corrected chi connectivity index (χ0v) is 7.72. The van der Waals surface area contributed by atoms with Crippen LogP contribution in [-0.2, 0) is 0 Å². The van der Waals surface area contributed by atoms with Crippen LogP contribution in [0.1, 0.15) is 0 Å². The first-order valence-electron chi connectivity index (χ1n) is 3.32. The molecule has 0 amide bonds. The van der Waals surface area contributed by atoms with Crippen molar-refractivity contribution in [3.05, 3.63) is 30.3 Å². The van der Waals surface area contributed by atoms with Crippen molar-refractivity contribution in [1.29, 1.82) is 0 Å². The van der Waals surface area contributed by atoms with Crippen molar-refractivity contribution < 1.29 is 13.5 Å². The highest BCUT2D eigenvalue weighted by Crippen LogP contribution is 2.22. The molecule has 0 atom stereocenters. The molecule has 12 heavy (non-hydrogen) atoms. The van der Waals surface area contributed by atoms with Crippen molar-refractivity contribution >= 4 is 15.9 Å². The van der Waals surface area contributed by atoms with E-state index in [2.05, 4.69) is 20.7 Å². The topological polar surface area (TPSA) is 9.23 Å². The van der Waals surface area contributed by atoms with Crippen LogP contribution in [0.15, 0.2) is 30.3 Å². The highest BCUT2D eigenvalue weighted by atomic mass is 79.9. The average molecular weight is 237 g/mol. The van der Waals surface area contributed by atoms with E-state index < -0.39 is 11.4 Å². The minimum absolute atomic E-state index is 0.168. The van der Waals surface area contributed by atoms with Gasteiger partial charge in [-0.1, -0.05) is 34.1 Å². The summed E-state index contributed by atoms with van der Waals surface area (Å²) in [5.41, 5.74) is 0. The molecule has 0 aliphatic rings. The Bertz CT molecular complexity index is 238. The summed E-state index contributed by atoms with van der Waals surface area (Å²) < 4.78 is 29.5. The summed E-state index contributed by atoms with van der Waals surface area (Å²) in [6.07, 6.45) is -3.14. The second-order valence-corrected chi connectivity index (χ2v) is 2.75. The van der Waals surface area contributed by atoms with Crippen LogP contribution < -0.4 is 4.74 Å². The fourth-order valence-electron chi connectivity index (χ4n) is 0.688. The van der Waals surface area contributed by atoms with Gasteiger partial charge in [0, 0.05) is 0 Å². The number of ether oxygens (including phenoxy) is 1. The van der Waals surface area contributed by atoms with E-state index in [0.717, 1.165) is 0 Å². The molecule has 1 nitrogen and oxygen atoms in total. The van der Waals surface area contributed by atoms with Crippen LogP contribution in [0, 0.1) is 0 Å². The smallest absolute Gasteiger partial charge is 0.407 e. The fourth-order valence-corrected chi connectivity index (χ4v) is 0.803. The lowest BCUT2D eigenvalue weighted by Crippen LogP contribution is -2.26. The zero-order chi connectivity index (χ0) is 9.03. The van der Waals surface area contributed by atoms with Gasteiger partial charge in [-0.25, -0.2) is 0 Å². The molecule has 1 rings (SSSR count). The van der Waals surface area contributed by atoms with Gasteiger partial charge in [0.25, 0.3) is 0 Å². The Labute approximate surface area is 77.5 Å². The first-order valence-corrected chi connectivity index (χ1v) is 4.44. The molecule has 0 saturated heterocycles. The maximum absolute atomic E-state index is 12.6. The lowest BCUT2D eigenvalue weighted by molar-refractivity contribution is -0.153. The average Bonchev–Trinajstić information content (AvgIpc) is 2.06. The van der Waals surface area contributed by atoms with E-state index >= 15 is 0 Å². The maximum atomic E-state index is 12.6. The first kappa shape index (κ1) is 9.45. The van der Waals surface area contributed by atoms with Gasteiger partial charge < -0.3 is 4.74 Å². The standard InChI is InChI=1S/C8H7BrF2O/c9-6-8(10,11)12-7-4-2-1-3-5-7/h1-5H,6H2. The zero-order valence-electron chi connectivity index (χ0n) is 6.14. The number of alkyl halides is 3. The van der Waals surface area contributed by atoms with E-state index in [-0.39, 0.29) is 5.75 Å². The van der Waals surface area contributed by atoms with Gasteiger partial charge in [-0.05, 0) is 12.1 Å². The van der Waals surface area contributed by atoms with E-state index in [1.165, 1.54) is 12.1 Å². The van der Waals surface area contributed by atoms with Gasteiger partial charge in [0.05, 0.1) is 0 Å². The third kappa shape index (κ3) is 2.77. The number of benzene rings is 1. The molecule has 0 spiro atoms. The lowest BCUT2D eigenvalue weighted by atomic mass is 10.3. The molecule has 0 N–H and O–H groups in total. The Morgan fingerprint density at radius 1 is 1.25 bits per heavy atom. The lowest BCUT2D eigenvalue weighted by Gasteiger charge is -2.14. The summed E-state index contributed by atoms with van der Waals surface area (Å²) in [6, 6.07) is 7.98. The van der Waals surface area contributed by atoms with Gasteiger partial charge in [0.1, 0.15) is 11.1 Å². The summed E-state index contributed by atoms with van der Waals surface area (Å²) in [7, 11) is 0. The number of halogens is 3. The molecule has 0 fully saturated rings. The second-order valence-electron chi connectivity index (χ2n) is 2.19. The van der Waals surface area contributed by atoms with Crippen molar-refractivity contribution in [2.45, 2.75) is 6.11 Å². The SMILES string of the molecule is FC(F)(CBr)Oc1ccccc1. The van der Waals surface area contributed by atoms with Crippen molar-refractivity contribution in [2.24, 2.45) is 0 Å². The summed E-state index contributed by atoms with van der Waals surface area (Å²) in [5.74, 6) is 0.168. The number of hydrogen-bond acceptors (Lipinski definition) is 1. The van der Waals surface area contributed by atoms with E-state index in [4.69, 9.17) is 0 Å². The minimum atomic E-state index is -3.14. The van der Waals surface area contributed by atoms with E-state index in [1.807, 2.05) is 0 Å². The molecule has 0 radical (unpaired) electrons. The van der Waals surface area contributed by atoms with Crippen molar-refractivity contribution in [3.63, 3.8) is 0 Å². The van der Waals surface area contributed by atoms with Gasteiger partial charge in [-0.2, -0.15) is 8.78 Å². The molecule has 1 aromatic rings. The highest BCUT2D eigenvalue weighted by molar-refractivity contribution is 9.09. The molecule has 4 heteroatoms. The molecule has 66 valence electrons. The predicted molar refractivity (Wildman–Crippen MR) is 45.8 cm³/mol. The monoisotopic (exact) mass is 236 g/mol. The van der Waals surface area contributed by atoms with E-state index in [1.54, 1.807) is 18.2 Å². The Hall–Kier alpha value is -0.640. The van der Waals surface area contributed by atoms with Crippen LogP contribution in [0.3, 0.4) is 0 Å². The van der Waals surface area contributed by atoms with Gasteiger partial charge in [0.2, 0.25) is 0 Å². The number of hydrogen-bond donors (Lipinski definition) is 0. The molecule has 0 bridgehead atoms. The quantitative estimate of drug-likeness (QED) is 0.734. The van der Waals surface area contributed by atoms with E-state index in [0.29, 0.717) is 0 Å². The Balaban J connectivity index is 2.64. The third-order valence-electron chi connectivity index (χ3n) is 1.17. The minimum Gasteiger partial charge on any atom is -0.432 e. The van der Waals surface area contributed by atoms with Crippen LogP contribution in [0.2, 0.25) is 0 Å². The highest BCUT2D eigenvalue weighted by Gasteiger charge is 2.29. The Morgan fingerprint density at radius 3 is 2.33 bits per heavy atom. The summed E-state index contributed by atoms with van der Waals surface area (Å²) in [5, 5.41) is -0.505. The van der Waals surface area contributed by atoms with Gasteiger partial charge in [-0.3, -0.25) is 0 Å². The van der Waals surface area contributed by atoms with Gasteiger partial charge >= 0.3 is 6.11 Å². The summed E-state index contributed by atoms with van der Waals surface area (Å²) in [4.78, 5) is 0. The van der Waals surface area contributed by atoms with Crippen molar-refractivity contribution in [2.75, 3.05) is 5.33 Å². The summed E-state index contributed by atoms with van der Waals surface area (Å²) >= 11 is 2.65. The predicted octanol–water partition coefficient (Wildman–Crippen LogP) is 3.05. The first-order chi connectivity index (χ1) is 5.64. The molecule has 0 saturated carbocycles. The Morgan fingerprint density at radius 2 is 1.83 bits per heavy atom. The largest absolute Gasteiger partial charge is 0.432 e. The molecular weight excluding hydrogens is 230 g/mol. The normalized spacial score (nSPS) is 11.2. The van der Waals surface area contributed by atoms with E-state index in [9.17, 15) is 8.78 Å². The maximum Gasteiger partial charge on any atom is 0.407 e. The summed E-state index contributed by atoms with van der Waals surface area (Å²) in [6.45, 7) is 0. The molecule has 1 aromatic carbocycles. The number of rotatable bonds is 3. The number of para-hydroxylation sites is 1. The van der Waals surface area contributed by atoms with Crippen LogP contribution in [0.4, 0.5) is 8.78 Å². The van der Waals surface area contributed by atoms with Gasteiger partial charge in [-0.15, -0.1) is 0 Å². The van der Waals surface area contributed by atoms with Gasteiger partial charge in [0.15, 0.2) is 0 Å². The molecule has 0 unspecified atom stereocenters.